The number of pyridine rings is 1. The summed E-state index contributed by atoms with van der Waals surface area (Å²) in [7, 11) is 0. The van der Waals surface area contributed by atoms with Crippen molar-refractivity contribution < 1.29 is 4.74 Å². The van der Waals surface area contributed by atoms with Gasteiger partial charge in [0.05, 0.1) is 11.7 Å². The second kappa shape index (κ2) is 5.36. The van der Waals surface area contributed by atoms with Crippen molar-refractivity contribution in [3.8, 4) is 6.07 Å². The van der Waals surface area contributed by atoms with Gasteiger partial charge in [0.2, 0.25) is 0 Å². The summed E-state index contributed by atoms with van der Waals surface area (Å²) in [5.74, 6) is 0.718. The molecule has 0 aromatic carbocycles. The summed E-state index contributed by atoms with van der Waals surface area (Å²) in [6.07, 6.45) is 2.35. The van der Waals surface area contributed by atoms with E-state index in [1.54, 1.807) is 0 Å². The fourth-order valence-electron chi connectivity index (χ4n) is 2.33. The number of aryl methyl sites for hydroxylation is 2. The number of nitrogens with zero attached hydrogens (tertiary/aromatic N) is 2. The third kappa shape index (κ3) is 2.62. The fraction of sp³-hybridized carbons (Fsp3) is 0.571. The second-order valence-electron chi connectivity index (χ2n) is 4.81. The summed E-state index contributed by atoms with van der Waals surface area (Å²) in [5.41, 5.74) is 2.57. The zero-order chi connectivity index (χ0) is 13.1. The highest BCUT2D eigenvalue weighted by molar-refractivity contribution is 5.57. The van der Waals surface area contributed by atoms with Crippen LogP contribution in [0.15, 0.2) is 6.07 Å². The van der Waals surface area contributed by atoms with E-state index >= 15 is 0 Å². The molecule has 1 aliphatic carbocycles. The van der Waals surface area contributed by atoms with Crippen LogP contribution in [0, 0.1) is 25.2 Å². The van der Waals surface area contributed by atoms with Crippen LogP contribution in [0.1, 0.15) is 36.6 Å². The molecule has 0 spiro atoms. The molecule has 1 aliphatic rings. The van der Waals surface area contributed by atoms with Crippen LogP contribution in [0.5, 0.6) is 0 Å². The lowest BCUT2D eigenvalue weighted by molar-refractivity contribution is 0.00292. The van der Waals surface area contributed by atoms with Crippen molar-refractivity contribution in [1.29, 1.82) is 5.26 Å². The molecule has 0 radical (unpaired) electrons. The molecule has 1 saturated carbocycles. The van der Waals surface area contributed by atoms with E-state index in [0.29, 0.717) is 17.7 Å². The molecule has 4 nitrogen and oxygen atoms in total. The number of anilines is 1. The fourth-order valence-corrected chi connectivity index (χ4v) is 2.33. The highest BCUT2D eigenvalue weighted by Gasteiger charge is 2.30. The van der Waals surface area contributed by atoms with Crippen molar-refractivity contribution in [2.75, 3.05) is 11.9 Å². The number of aromatic nitrogens is 1. The van der Waals surface area contributed by atoms with Crippen LogP contribution in [0.3, 0.4) is 0 Å². The van der Waals surface area contributed by atoms with E-state index in [1.165, 1.54) is 0 Å². The second-order valence-corrected chi connectivity index (χ2v) is 4.81. The monoisotopic (exact) mass is 245 g/mol. The maximum absolute atomic E-state index is 9.18. The van der Waals surface area contributed by atoms with Crippen molar-refractivity contribution >= 4 is 5.82 Å². The lowest BCUT2D eigenvalue weighted by Gasteiger charge is -2.36. The lowest BCUT2D eigenvalue weighted by Crippen LogP contribution is -2.41. The van der Waals surface area contributed by atoms with Crippen LogP contribution in [0.4, 0.5) is 5.82 Å². The van der Waals surface area contributed by atoms with Crippen LogP contribution < -0.4 is 5.32 Å². The molecule has 0 unspecified atom stereocenters. The Hall–Kier alpha value is -1.60. The average Bonchev–Trinajstić information content (AvgIpc) is 2.25. The number of hydrogen-bond acceptors (Lipinski definition) is 4. The third-order valence-electron chi connectivity index (χ3n) is 3.29. The van der Waals surface area contributed by atoms with Crippen molar-refractivity contribution in [3.63, 3.8) is 0 Å². The summed E-state index contributed by atoms with van der Waals surface area (Å²) in [6.45, 7) is 6.67. The molecule has 1 heterocycles. The first-order valence-electron chi connectivity index (χ1n) is 6.40. The molecule has 1 aromatic rings. The zero-order valence-electron chi connectivity index (χ0n) is 11.2. The topological polar surface area (TPSA) is 57.9 Å². The standard InChI is InChI=1S/C14H19N3O/c1-4-18-12-6-11(7-12)17-14-13(8-15)9(2)5-10(3)16-14/h5,11-12H,4,6-7H2,1-3H3,(H,16,17). The Balaban J connectivity index is 2.05. The highest BCUT2D eigenvalue weighted by Crippen LogP contribution is 2.28. The summed E-state index contributed by atoms with van der Waals surface area (Å²) in [4.78, 5) is 4.42. The predicted molar refractivity (Wildman–Crippen MR) is 70.5 cm³/mol. The van der Waals surface area contributed by atoms with Gasteiger partial charge < -0.3 is 10.1 Å². The van der Waals surface area contributed by atoms with E-state index in [4.69, 9.17) is 4.74 Å². The van der Waals surface area contributed by atoms with Gasteiger partial charge in [-0.15, -0.1) is 0 Å². The lowest BCUT2D eigenvalue weighted by atomic mass is 9.89. The highest BCUT2D eigenvalue weighted by atomic mass is 16.5. The average molecular weight is 245 g/mol. The van der Waals surface area contributed by atoms with E-state index in [2.05, 4.69) is 16.4 Å². The largest absolute Gasteiger partial charge is 0.378 e. The van der Waals surface area contributed by atoms with Crippen LogP contribution >= 0.6 is 0 Å². The third-order valence-corrected chi connectivity index (χ3v) is 3.29. The van der Waals surface area contributed by atoms with Gasteiger partial charge in [0.25, 0.3) is 0 Å². The minimum atomic E-state index is 0.365. The molecule has 2 rings (SSSR count). The Morgan fingerprint density at radius 1 is 1.50 bits per heavy atom. The molecule has 1 fully saturated rings. The van der Waals surface area contributed by atoms with Crippen LogP contribution in [-0.4, -0.2) is 23.7 Å². The first-order chi connectivity index (χ1) is 8.63. The number of nitrogens with one attached hydrogen (secondary N) is 1. The van der Waals surface area contributed by atoms with E-state index < -0.39 is 0 Å². The Bertz CT molecular complexity index is 473. The number of rotatable bonds is 4. The van der Waals surface area contributed by atoms with Gasteiger partial charge >= 0.3 is 0 Å². The molecule has 1 aromatic heterocycles. The molecule has 0 aliphatic heterocycles. The molecule has 18 heavy (non-hydrogen) atoms. The molecule has 0 atom stereocenters. The minimum Gasteiger partial charge on any atom is -0.378 e. The molecule has 96 valence electrons. The van der Waals surface area contributed by atoms with Gasteiger partial charge in [0, 0.05) is 18.3 Å². The van der Waals surface area contributed by atoms with E-state index in [1.807, 2.05) is 26.8 Å². The molecule has 0 saturated heterocycles. The van der Waals surface area contributed by atoms with Crippen molar-refractivity contribution in [3.05, 3.63) is 22.9 Å². The minimum absolute atomic E-state index is 0.365. The zero-order valence-corrected chi connectivity index (χ0v) is 11.2. The van der Waals surface area contributed by atoms with Gasteiger partial charge in [0.15, 0.2) is 0 Å². The quantitative estimate of drug-likeness (QED) is 0.885. The summed E-state index contributed by atoms with van der Waals surface area (Å²) >= 11 is 0. The van der Waals surface area contributed by atoms with E-state index in [9.17, 15) is 5.26 Å². The Kier molecular flexibility index (Phi) is 3.83. The first kappa shape index (κ1) is 12.8. The number of nitriles is 1. The summed E-state index contributed by atoms with van der Waals surface area (Å²) < 4.78 is 5.52. The van der Waals surface area contributed by atoms with Gasteiger partial charge in [0.1, 0.15) is 11.9 Å². The van der Waals surface area contributed by atoms with Gasteiger partial charge in [-0.2, -0.15) is 5.26 Å². The molecular weight excluding hydrogens is 226 g/mol. The van der Waals surface area contributed by atoms with Crippen molar-refractivity contribution in [1.82, 2.24) is 4.98 Å². The summed E-state index contributed by atoms with van der Waals surface area (Å²) in [6, 6.07) is 4.54. The Labute approximate surface area is 108 Å². The Morgan fingerprint density at radius 2 is 2.22 bits per heavy atom. The van der Waals surface area contributed by atoms with Crippen molar-refractivity contribution in [2.24, 2.45) is 0 Å². The van der Waals surface area contributed by atoms with Crippen LogP contribution in [-0.2, 0) is 4.74 Å². The maximum Gasteiger partial charge on any atom is 0.144 e. The molecule has 4 heteroatoms. The molecule has 0 amide bonds. The normalized spacial score (nSPS) is 22.1. The first-order valence-corrected chi connectivity index (χ1v) is 6.40. The summed E-state index contributed by atoms with van der Waals surface area (Å²) in [5, 5.41) is 12.5. The van der Waals surface area contributed by atoms with Crippen LogP contribution in [0.2, 0.25) is 0 Å². The SMILES string of the molecule is CCOC1CC(Nc2nc(C)cc(C)c2C#N)C1. The molecule has 1 N–H and O–H groups in total. The molecular formula is C14H19N3O. The molecule has 0 bridgehead atoms. The van der Waals surface area contributed by atoms with Crippen LogP contribution in [0.25, 0.3) is 0 Å². The number of ether oxygens (including phenoxy) is 1. The van der Waals surface area contributed by atoms with Gasteiger partial charge in [-0.3, -0.25) is 0 Å². The predicted octanol–water partition coefficient (Wildman–Crippen LogP) is 2.55. The Morgan fingerprint density at radius 3 is 2.83 bits per heavy atom. The van der Waals surface area contributed by atoms with E-state index in [0.717, 1.165) is 36.5 Å². The van der Waals surface area contributed by atoms with Gasteiger partial charge in [-0.1, -0.05) is 0 Å². The van der Waals surface area contributed by atoms with Gasteiger partial charge in [-0.25, -0.2) is 4.98 Å². The van der Waals surface area contributed by atoms with E-state index in [-0.39, 0.29) is 0 Å². The van der Waals surface area contributed by atoms with Gasteiger partial charge in [-0.05, 0) is 45.2 Å². The van der Waals surface area contributed by atoms with Crippen molar-refractivity contribution in [2.45, 2.75) is 45.8 Å². The number of hydrogen-bond donors (Lipinski definition) is 1. The maximum atomic E-state index is 9.18. The smallest absolute Gasteiger partial charge is 0.144 e.